The summed E-state index contributed by atoms with van der Waals surface area (Å²) >= 11 is 0. The van der Waals surface area contributed by atoms with Crippen molar-refractivity contribution in [1.29, 1.82) is 0 Å². The number of ether oxygens (including phenoxy) is 2. The second-order valence-electron chi connectivity index (χ2n) is 4.56. The number of furan rings is 1. The van der Waals surface area contributed by atoms with Crippen LogP contribution in [0.3, 0.4) is 0 Å². The summed E-state index contributed by atoms with van der Waals surface area (Å²) in [5, 5.41) is 0. The van der Waals surface area contributed by atoms with Gasteiger partial charge in [-0.15, -0.1) is 0 Å². The molecule has 0 spiro atoms. The largest absolute Gasteiger partial charge is 0.509 e. The lowest BCUT2D eigenvalue weighted by Crippen LogP contribution is -2.18. The molecule has 4 nitrogen and oxygen atoms in total. The van der Waals surface area contributed by atoms with E-state index in [9.17, 15) is 4.79 Å². The van der Waals surface area contributed by atoms with E-state index in [1.54, 1.807) is 25.3 Å². The van der Waals surface area contributed by atoms with Crippen molar-refractivity contribution in [2.45, 2.75) is 25.9 Å². The van der Waals surface area contributed by atoms with Crippen LogP contribution in [0.15, 0.2) is 53.1 Å². The lowest BCUT2D eigenvalue weighted by molar-refractivity contribution is 0.0410. The van der Waals surface area contributed by atoms with Gasteiger partial charge in [-0.2, -0.15) is 0 Å². The normalized spacial score (nSPS) is 11.1. The van der Waals surface area contributed by atoms with Gasteiger partial charge in [0.1, 0.15) is 0 Å². The lowest BCUT2D eigenvalue weighted by Gasteiger charge is -2.12. The predicted octanol–water partition coefficient (Wildman–Crippen LogP) is 3.81. The van der Waals surface area contributed by atoms with Gasteiger partial charge in [0.25, 0.3) is 0 Å². The Kier molecular flexibility index (Phi) is 6.13. The quantitative estimate of drug-likeness (QED) is 0.622. The maximum absolute atomic E-state index is 11.5. The predicted molar refractivity (Wildman–Crippen MR) is 82.2 cm³/mol. The summed E-state index contributed by atoms with van der Waals surface area (Å²) in [5.41, 5.74) is 1.17. The van der Waals surface area contributed by atoms with Crippen LogP contribution in [-0.2, 0) is 15.9 Å². The molecule has 0 saturated carbocycles. The average Bonchev–Trinajstić information content (AvgIpc) is 3.04. The van der Waals surface area contributed by atoms with Gasteiger partial charge in [0.2, 0.25) is 0 Å². The molecule has 0 amide bonds. The molecule has 0 radical (unpaired) electrons. The molecule has 2 rings (SSSR count). The molecule has 1 aromatic carbocycles. The molecule has 0 aliphatic rings. The van der Waals surface area contributed by atoms with Crippen molar-refractivity contribution in [3.8, 4) is 11.8 Å². The minimum atomic E-state index is -0.700. The number of carbonyl (C=O) groups is 1. The molecule has 4 heteroatoms. The lowest BCUT2D eigenvalue weighted by atomic mass is 10.1. The molecule has 114 valence electrons. The molecule has 0 fully saturated rings. The topological polar surface area (TPSA) is 48.7 Å². The molecule has 1 heterocycles. The van der Waals surface area contributed by atoms with Crippen LogP contribution in [0.25, 0.3) is 0 Å². The highest BCUT2D eigenvalue weighted by Crippen LogP contribution is 2.09. The Morgan fingerprint density at radius 2 is 2.05 bits per heavy atom. The van der Waals surface area contributed by atoms with Gasteiger partial charge in [-0.1, -0.05) is 30.3 Å². The van der Waals surface area contributed by atoms with E-state index in [4.69, 9.17) is 13.9 Å². The van der Waals surface area contributed by atoms with E-state index in [0.717, 1.165) is 6.42 Å². The van der Waals surface area contributed by atoms with Crippen LogP contribution in [0, 0.1) is 11.8 Å². The fourth-order valence-corrected chi connectivity index (χ4v) is 1.87. The van der Waals surface area contributed by atoms with E-state index in [1.807, 2.05) is 30.3 Å². The molecule has 0 aliphatic heterocycles. The zero-order valence-electron chi connectivity index (χ0n) is 12.5. The van der Waals surface area contributed by atoms with Crippen molar-refractivity contribution < 1.29 is 18.7 Å². The third kappa shape index (κ3) is 5.37. The molecule has 0 bridgehead atoms. The van der Waals surface area contributed by atoms with E-state index in [-0.39, 0.29) is 6.61 Å². The first kappa shape index (κ1) is 15.7. The maximum atomic E-state index is 11.5. The Hall–Kier alpha value is -2.67. The summed E-state index contributed by atoms with van der Waals surface area (Å²) in [6.07, 6.45) is 1.67. The van der Waals surface area contributed by atoms with Gasteiger partial charge >= 0.3 is 6.16 Å². The standard InChI is InChI=1S/C18H18O4/c1-2-20-18(19)22-17(13-12-16-9-6-14-21-16)11-10-15-7-4-3-5-8-15/h3-9,14,17H,2,10-11H2,1H3. The molecule has 22 heavy (non-hydrogen) atoms. The SMILES string of the molecule is CCOC(=O)OC(C#Cc1ccco1)CCc1ccccc1. The van der Waals surface area contributed by atoms with Crippen molar-refractivity contribution in [3.05, 3.63) is 60.1 Å². The van der Waals surface area contributed by atoms with Crippen LogP contribution < -0.4 is 0 Å². The second kappa shape index (κ2) is 8.58. The zero-order chi connectivity index (χ0) is 15.6. The Labute approximate surface area is 130 Å². The highest BCUT2D eigenvalue weighted by Gasteiger charge is 2.13. The molecular formula is C18H18O4. The number of rotatable bonds is 5. The molecule has 0 saturated heterocycles. The minimum absolute atomic E-state index is 0.274. The molecule has 1 atom stereocenters. The second-order valence-corrected chi connectivity index (χ2v) is 4.56. The van der Waals surface area contributed by atoms with Crippen molar-refractivity contribution in [1.82, 2.24) is 0 Å². The summed E-state index contributed by atoms with van der Waals surface area (Å²) in [6, 6.07) is 13.5. The van der Waals surface area contributed by atoms with Gasteiger partial charge in [-0.3, -0.25) is 0 Å². The van der Waals surface area contributed by atoms with Gasteiger partial charge in [0.05, 0.1) is 12.9 Å². The zero-order valence-corrected chi connectivity index (χ0v) is 12.5. The first-order valence-electron chi connectivity index (χ1n) is 7.20. The summed E-state index contributed by atoms with van der Waals surface area (Å²) in [5.74, 6) is 6.31. The average molecular weight is 298 g/mol. The van der Waals surface area contributed by atoms with E-state index < -0.39 is 12.3 Å². The molecule has 0 N–H and O–H groups in total. The first-order valence-corrected chi connectivity index (χ1v) is 7.20. The van der Waals surface area contributed by atoms with Crippen molar-refractivity contribution in [3.63, 3.8) is 0 Å². The van der Waals surface area contributed by atoms with Crippen LogP contribution in [-0.4, -0.2) is 18.9 Å². The van der Waals surface area contributed by atoms with Crippen molar-refractivity contribution in [2.75, 3.05) is 6.61 Å². The van der Waals surface area contributed by atoms with Gasteiger partial charge in [-0.05, 0) is 42.9 Å². The number of hydrogen-bond donors (Lipinski definition) is 0. The Bertz CT molecular complexity index is 620. The van der Waals surface area contributed by atoms with Crippen molar-refractivity contribution >= 4 is 6.16 Å². The summed E-state index contributed by atoms with van der Waals surface area (Å²) in [7, 11) is 0. The fraction of sp³-hybridized carbons (Fsp3) is 0.278. The number of carbonyl (C=O) groups excluding carboxylic acids is 1. The van der Waals surface area contributed by atoms with E-state index in [0.29, 0.717) is 12.2 Å². The maximum Gasteiger partial charge on any atom is 0.509 e. The molecule has 2 aromatic rings. The fourth-order valence-electron chi connectivity index (χ4n) is 1.87. The Balaban J connectivity index is 1.99. The third-order valence-electron chi connectivity index (χ3n) is 2.92. The van der Waals surface area contributed by atoms with Crippen LogP contribution in [0.1, 0.15) is 24.7 Å². The number of benzene rings is 1. The summed E-state index contributed by atoms with van der Waals surface area (Å²) in [6.45, 7) is 2.00. The smallest absolute Gasteiger partial charge is 0.456 e. The highest BCUT2D eigenvalue weighted by atomic mass is 16.7. The summed E-state index contributed by atoms with van der Waals surface area (Å²) in [4.78, 5) is 11.5. The minimum Gasteiger partial charge on any atom is -0.456 e. The Morgan fingerprint density at radius 3 is 2.73 bits per heavy atom. The van der Waals surface area contributed by atoms with Gasteiger partial charge < -0.3 is 13.9 Å². The Morgan fingerprint density at radius 1 is 1.23 bits per heavy atom. The molecule has 0 aliphatic carbocycles. The third-order valence-corrected chi connectivity index (χ3v) is 2.92. The van der Waals surface area contributed by atoms with Crippen LogP contribution in [0.4, 0.5) is 4.79 Å². The molecule has 1 aromatic heterocycles. The van der Waals surface area contributed by atoms with E-state index in [1.165, 1.54) is 5.56 Å². The van der Waals surface area contributed by atoms with Crippen LogP contribution in [0.2, 0.25) is 0 Å². The van der Waals surface area contributed by atoms with Crippen molar-refractivity contribution in [2.24, 2.45) is 0 Å². The van der Waals surface area contributed by atoms with E-state index in [2.05, 4.69) is 11.8 Å². The first-order chi connectivity index (χ1) is 10.8. The summed E-state index contributed by atoms with van der Waals surface area (Å²) < 4.78 is 15.2. The monoisotopic (exact) mass is 298 g/mol. The van der Waals surface area contributed by atoms with Gasteiger partial charge in [-0.25, -0.2) is 4.79 Å². The van der Waals surface area contributed by atoms with Crippen LogP contribution >= 0.6 is 0 Å². The number of hydrogen-bond acceptors (Lipinski definition) is 4. The van der Waals surface area contributed by atoms with E-state index >= 15 is 0 Å². The molecular weight excluding hydrogens is 280 g/mol. The molecule has 1 unspecified atom stereocenters. The highest BCUT2D eigenvalue weighted by molar-refractivity contribution is 5.60. The van der Waals surface area contributed by atoms with Crippen LogP contribution in [0.5, 0.6) is 0 Å². The van der Waals surface area contributed by atoms with Gasteiger partial charge in [0.15, 0.2) is 11.9 Å². The van der Waals surface area contributed by atoms with Gasteiger partial charge in [0, 0.05) is 6.42 Å². The number of aryl methyl sites for hydroxylation is 1.